The summed E-state index contributed by atoms with van der Waals surface area (Å²) in [4.78, 5) is 0. The molecule has 0 aromatic heterocycles. The van der Waals surface area contributed by atoms with Crippen LogP contribution >= 0.6 is 0 Å². The molecule has 2 N–H and O–H groups in total. The molecule has 1 aromatic rings. The lowest BCUT2D eigenvalue weighted by molar-refractivity contribution is 0.452. The van der Waals surface area contributed by atoms with Crippen molar-refractivity contribution < 1.29 is 10.2 Å². The second-order valence-corrected chi connectivity index (χ2v) is 5.04. The molecule has 0 radical (unpaired) electrons. The number of aryl methyl sites for hydroxylation is 1. The molecule has 0 fully saturated rings. The second kappa shape index (κ2) is 8.84. The number of unbranched alkanes of at least 4 members (excludes halogenated alkanes) is 7. The maximum atomic E-state index is 9.62. The molecule has 0 atom stereocenters. The van der Waals surface area contributed by atoms with E-state index in [-0.39, 0.29) is 5.75 Å². The fourth-order valence-electron chi connectivity index (χ4n) is 2.22. The molecule has 0 bridgehead atoms. The van der Waals surface area contributed by atoms with Crippen LogP contribution in [0.25, 0.3) is 0 Å². The van der Waals surface area contributed by atoms with Gasteiger partial charge in [0, 0.05) is 0 Å². The van der Waals surface area contributed by atoms with E-state index in [9.17, 15) is 10.2 Å². The van der Waals surface area contributed by atoms with Gasteiger partial charge in [-0.05, 0) is 36.6 Å². The van der Waals surface area contributed by atoms with Gasteiger partial charge in [0.15, 0.2) is 0 Å². The van der Waals surface area contributed by atoms with Crippen molar-refractivity contribution in [1.29, 1.82) is 0 Å². The Kier molecular flexibility index (Phi) is 7.31. The van der Waals surface area contributed by atoms with Crippen molar-refractivity contribution in [2.45, 2.75) is 64.7 Å². The van der Waals surface area contributed by atoms with E-state index >= 15 is 0 Å². The molecule has 102 valence electrons. The third kappa shape index (κ3) is 5.95. The van der Waals surface area contributed by atoms with Gasteiger partial charge in [-0.25, -0.2) is 0 Å². The van der Waals surface area contributed by atoms with Gasteiger partial charge in [-0.1, -0.05) is 51.9 Å². The number of phenols is 2. The largest absolute Gasteiger partial charge is 0.508 e. The average molecular weight is 250 g/mol. The Morgan fingerprint density at radius 3 is 2.11 bits per heavy atom. The third-order valence-corrected chi connectivity index (χ3v) is 3.36. The topological polar surface area (TPSA) is 40.5 Å². The first-order valence-corrected chi connectivity index (χ1v) is 7.25. The highest BCUT2D eigenvalue weighted by Gasteiger charge is 2.02. The Bertz CT molecular complexity index is 334. The SMILES string of the molecule is CCCCCCCCCCc1cc(O)ccc1O. The Morgan fingerprint density at radius 2 is 1.44 bits per heavy atom. The van der Waals surface area contributed by atoms with Crippen molar-refractivity contribution in [3.05, 3.63) is 23.8 Å². The van der Waals surface area contributed by atoms with Crippen molar-refractivity contribution in [3.8, 4) is 11.5 Å². The lowest BCUT2D eigenvalue weighted by atomic mass is 10.0. The van der Waals surface area contributed by atoms with Crippen LogP contribution in [0.3, 0.4) is 0 Å². The molecule has 0 saturated carbocycles. The van der Waals surface area contributed by atoms with Crippen LogP contribution in [0.15, 0.2) is 18.2 Å². The van der Waals surface area contributed by atoms with Gasteiger partial charge in [-0.2, -0.15) is 0 Å². The number of aromatic hydroxyl groups is 2. The van der Waals surface area contributed by atoms with E-state index in [2.05, 4.69) is 6.92 Å². The van der Waals surface area contributed by atoms with Crippen molar-refractivity contribution in [2.24, 2.45) is 0 Å². The molecule has 1 rings (SSSR count). The average Bonchev–Trinajstić information content (AvgIpc) is 2.36. The first kappa shape index (κ1) is 14.9. The van der Waals surface area contributed by atoms with Gasteiger partial charge in [0.05, 0.1) is 0 Å². The van der Waals surface area contributed by atoms with Crippen LogP contribution in [-0.4, -0.2) is 10.2 Å². The Morgan fingerprint density at radius 1 is 0.833 bits per heavy atom. The summed E-state index contributed by atoms with van der Waals surface area (Å²) in [6, 6.07) is 4.75. The van der Waals surface area contributed by atoms with Gasteiger partial charge in [0.1, 0.15) is 11.5 Å². The standard InChI is InChI=1S/C16H26O2/c1-2-3-4-5-6-7-8-9-10-14-13-15(17)11-12-16(14)18/h11-13,17-18H,2-10H2,1H3. The molecule has 0 spiro atoms. The number of hydrogen-bond acceptors (Lipinski definition) is 2. The minimum Gasteiger partial charge on any atom is -0.508 e. The highest BCUT2D eigenvalue weighted by molar-refractivity contribution is 5.38. The highest BCUT2D eigenvalue weighted by Crippen LogP contribution is 2.24. The molecule has 0 aliphatic rings. The third-order valence-electron chi connectivity index (χ3n) is 3.36. The molecule has 2 heteroatoms. The summed E-state index contributed by atoms with van der Waals surface area (Å²) in [6.45, 7) is 2.24. The van der Waals surface area contributed by atoms with Gasteiger partial charge in [-0.15, -0.1) is 0 Å². The maximum absolute atomic E-state index is 9.62. The lowest BCUT2D eigenvalue weighted by Gasteiger charge is -2.05. The molecule has 0 amide bonds. The zero-order valence-electron chi connectivity index (χ0n) is 11.5. The first-order valence-electron chi connectivity index (χ1n) is 7.25. The summed E-state index contributed by atoms with van der Waals surface area (Å²) in [5, 5.41) is 19.0. The van der Waals surface area contributed by atoms with Crippen molar-refractivity contribution in [2.75, 3.05) is 0 Å². The monoisotopic (exact) mass is 250 g/mol. The molecule has 0 aliphatic heterocycles. The Labute approximate surface area is 111 Å². The second-order valence-electron chi connectivity index (χ2n) is 5.04. The fraction of sp³-hybridized carbons (Fsp3) is 0.625. The summed E-state index contributed by atoms with van der Waals surface area (Å²) in [5.41, 5.74) is 0.862. The maximum Gasteiger partial charge on any atom is 0.119 e. The zero-order chi connectivity index (χ0) is 13.2. The first-order chi connectivity index (χ1) is 8.74. The molecular formula is C16H26O2. The number of rotatable bonds is 9. The van der Waals surface area contributed by atoms with Crippen LogP contribution in [0, 0.1) is 0 Å². The van der Waals surface area contributed by atoms with Gasteiger partial charge >= 0.3 is 0 Å². The van der Waals surface area contributed by atoms with Gasteiger partial charge in [-0.3, -0.25) is 0 Å². The zero-order valence-corrected chi connectivity index (χ0v) is 11.5. The number of phenolic OH excluding ortho intramolecular Hbond substituents is 2. The van der Waals surface area contributed by atoms with Gasteiger partial charge in [0.2, 0.25) is 0 Å². The van der Waals surface area contributed by atoms with Crippen LogP contribution in [0.2, 0.25) is 0 Å². The fourth-order valence-corrected chi connectivity index (χ4v) is 2.22. The van der Waals surface area contributed by atoms with Crippen LogP contribution in [0.1, 0.15) is 63.9 Å². The van der Waals surface area contributed by atoms with Crippen molar-refractivity contribution in [1.82, 2.24) is 0 Å². The van der Waals surface area contributed by atoms with Crippen LogP contribution in [0.5, 0.6) is 11.5 Å². The Hall–Kier alpha value is -1.18. The molecule has 0 heterocycles. The van der Waals surface area contributed by atoms with E-state index in [1.807, 2.05) is 0 Å². The molecule has 18 heavy (non-hydrogen) atoms. The molecule has 0 unspecified atom stereocenters. The van der Waals surface area contributed by atoms with E-state index in [0.29, 0.717) is 5.75 Å². The highest BCUT2D eigenvalue weighted by atomic mass is 16.3. The normalized spacial score (nSPS) is 10.7. The molecule has 0 saturated heterocycles. The minimum absolute atomic E-state index is 0.238. The molecule has 0 aliphatic carbocycles. The van der Waals surface area contributed by atoms with Crippen molar-refractivity contribution >= 4 is 0 Å². The van der Waals surface area contributed by atoms with E-state index in [4.69, 9.17) is 0 Å². The van der Waals surface area contributed by atoms with E-state index in [1.54, 1.807) is 12.1 Å². The summed E-state index contributed by atoms with van der Waals surface area (Å²) < 4.78 is 0. The van der Waals surface area contributed by atoms with Crippen molar-refractivity contribution in [3.63, 3.8) is 0 Å². The number of benzene rings is 1. The van der Waals surface area contributed by atoms with E-state index < -0.39 is 0 Å². The quantitative estimate of drug-likeness (QED) is 0.489. The summed E-state index contributed by atoms with van der Waals surface area (Å²) in [5.74, 6) is 0.540. The smallest absolute Gasteiger partial charge is 0.119 e. The summed E-state index contributed by atoms with van der Waals surface area (Å²) in [6.07, 6.45) is 11.1. The van der Waals surface area contributed by atoms with E-state index in [1.165, 1.54) is 51.0 Å². The lowest BCUT2D eigenvalue weighted by Crippen LogP contribution is -1.87. The predicted octanol–water partition coefficient (Wildman–Crippen LogP) is 4.78. The minimum atomic E-state index is 0.238. The summed E-state index contributed by atoms with van der Waals surface area (Å²) >= 11 is 0. The van der Waals surface area contributed by atoms with Gasteiger partial charge in [0.25, 0.3) is 0 Å². The van der Waals surface area contributed by atoms with Crippen LogP contribution < -0.4 is 0 Å². The number of hydrogen-bond donors (Lipinski definition) is 2. The Balaban J connectivity index is 2.09. The summed E-state index contributed by atoms with van der Waals surface area (Å²) in [7, 11) is 0. The van der Waals surface area contributed by atoms with Crippen LogP contribution in [0.4, 0.5) is 0 Å². The van der Waals surface area contributed by atoms with E-state index in [0.717, 1.165) is 18.4 Å². The van der Waals surface area contributed by atoms with Gasteiger partial charge < -0.3 is 10.2 Å². The molecule has 1 aromatic carbocycles. The van der Waals surface area contributed by atoms with Crippen LogP contribution in [-0.2, 0) is 6.42 Å². The predicted molar refractivity (Wildman–Crippen MR) is 76.1 cm³/mol. The molecular weight excluding hydrogens is 224 g/mol. The molecule has 2 nitrogen and oxygen atoms in total.